The summed E-state index contributed by atoms with van der Waals surface area (Å²) in [4.78, 5) is 0. The van der Waals surface area contributed by atoms with Gasteiger partial charge in [0.25, 0.3) is 0 Å². The van der Waals surface area contributed by atoms with Crippen LogP contribution in [0.1, 0.15) is 63.5 Å². The summed E-state index contributed by atoms with van der Waals surface area (Å²) in [6.45, 7) is 2.17. The van der Waals surface area contributed by atoms with Crippen LogP contribution in [0, 0.1) is 11.6 Å². The number of unbranched alkanes of at least 4 members (excludes halogenated alkanes) is 5. The molecule has 0 aliphatic heterocycles. The zero-order chi connectivity index (χ0) is 15.0. The summed E-state index contributed by atoms with van der Waals surface area (Å²) >= 11 is 5.54. The van der Waals surface area contributed by atoms with Gasteiger partial charge in [0.1, 0.15) is 11.6 Å². The van der Waals surface area contributed by atoms with Gasteiger partial charge in [0.2, 0.25) is 0 Å². The Morgan fingerprint density at radius 2 is 1.75 bits per heavy atom. The third-order valence-electron chi connectivity index (χ3n) is 3.46. The summed E-state index contributed by atoms with van der Waals surface area (Å²) in [5.74, 6) is 4.31. The van der Waals surface area contributed by atoms with Gasteiger partial charge >= 0.3 is 0 Å². The highest BCUT2D eigenvalue weighted by molar-refractivity contribution is 6.30. The van der Waals surface area contributed by atoms with E-state index in [-0.39, 0.29) is 16.6 Å². The molecule has 0 amide bonds. The van der Waals surface area contributed by atoms with Crippen LogP contribution in [0.25, 0.3) is 0 Å². The van der Waals surface area contributed by atoms with Crippen molar-refractivity contribution in [2.45, 2.75) is 57.9 Å². The monoisotopic (exact) mass is 304 g/mol. The van der Waals surface area contributed by atoms with Crippen LogP contribution >= 0.6 is 11.6 Å². The molecular weight excluding hydrogens is 282 g/mol. The van der Waals surface area contributed by atoms with Crippen molar-refractivity contribution in [3.8, 4) is 0 Å². The molecule has 3 N–H and O–H groups in total. The second kappa shape index (κ2) is 9.27. The molecule has 1 unspecified atom stereocenters. The van der Waals surface area contributed by atoms with E-state index < -0.39 is 11.6 Å². The standard InChI is InChI=1S/C15H23ClF2N2/c1-2-3-4-5-6-7-8-15(20-19)11-9-14(18)12(16)10-13(11)17/h9-10,15,20H,2-8,19H2,1H3. The van der Waals surface area contributed by atoms with E-state index in [9.17, 15) is 8.78 Å². The van der Waals surface area contributed by atoms with E-state index in [0.717, 1.165) is 25.0 Å². The molecule has 0 aliphatic carbocycles. The maximum Gasteiger partial charge on any atom is 0.142 e. The molecule has 1 aromatic rings. The van der Waals surface area contributed by atoms with Crippen molar-refractivity contribution >= 4 is 11.6 Å². The molecule has 1 atom stereocenters. The number of halogens is 3. The first-order valence-corrected chi connectivity index (χ1v) is 7.58. The first-order valence-electron chi connectivity index (χ1n) is 7.20. The number of hydrazine groups is 1. The Labute approximate surface area is 124 Å². The van der Waals surface area contributed by atoms with Crippen LogP contribution in [0.3, 0.4) is 0 Å². The quantitative estimate of drug-likeness (QED) is 0.295. The first kappa shape index (κ1) is 17.3. The maximum atomic E-state index is 13.8. The molecule has 114 valence electrons. The van der Waals surface area contributed by atoms with Crippen LogP contribution < -0.4 is 11.3 Å². The zero-order valence-electron chi connectivity index (χ0n) is 11.9. The molecule has 0 radical (unpaired) electrons. The fourth-order valence-electron chi connectivity index (χ4n) is 2.26. The lowest BCUT2D eigenvalue weighted by atomic mass is 9.99. The van der Waals surface area contributed by atoms with Gasteiger partial charge in [-0.25, -0.2) is 8.78 Å². The average molecular weight is 305 g/mol. The summed E-state index contributed by atoms with van der Waals surface area (Å²) in [5, 5.41) is -0.207. The lowest BCUT2D eigenvalue weighted by Gasteiger charge is -2.17. The normalized spacial score (nSPS) is 12.7. The molecule has 0 saturated carbocycles. The molecule has 1 aromatic carbocycles. The van der Waals surface area contributed by atoms with Gasteiger partial charge in [0, 0.05) is 11.6 Å². The summed E-state index contributed by atoms with van der Waals surface area (Å²) in [6.07, 6.45) is 7.54. The fourth-order valence-corrected chi connectivity index (χ4v) is 2.41. The third-order valence-corrected chi connectivity index (χ3v) is 3.75. The Kier molecular flexibility index (Phi) is 8.04. The molecule has 0 aliphatic rings. The van der Waals surface area contributed by atoms with Gasteiger partial charge in [-0.3, -0.25) is 11.3 Å². The number of rotatable bonds is 9. The predicted molar refractivity (Wildman–Crippen MR) is 79.4 cm³/mol. The molecular formula is C15H23ClF2N2. The van der Waals surface area contributed by atoms with Crippen molar-refractivity contribution in [3.05, 3.63) is 34.4 Å². The van der Waals surface area contributed by atoms with Crippen LogP contribution in [0.4, 0.5) is 8.78 Å². The Bertz CT molecular complexity index is 413. The van der Waals surface area contributed by atoms with E-state index in [1.807, 2.05) is 0 Å². The molecule has 0 bridgehead atoms. The highest BCUT2D eigenvalue weighted by Gasteiger charge is 2.17. The zero-order valence-corrected chi connectivity index (χ0v) is 12.6. The van der Waals surface area contributed by atoms with Crippen LogP contribution in [0.2, 0.25) is 5.02 Å². The van der Waals surface area contributed by atoms with Gasteiger partial charge in [-0.2, -0.15) is 0 Å². The minimum atomic E-state index is -0.619. The van der Waals surface area contributed by atoms with E-state index in [1.54, 1.807) is 0 Å². The van der Waals surface area contributed by atoms with Crippen LogP contribution in [0.15, 0.2) is 12.1 Å². The Hall–Kier alpha value is -0.710. The van der Waals surface area contributed by atoms with Gasteiger partial charge in [-0.05, 0) is 18.6 Å². The number of benzene rings is 1. The summed E-state index contributed by atoms with van der Waals surface area (Å²) in [6, 6.07) is 1.74. The molecule has 2 nitrogen and oxygen atoms in total. The van der Waals surface area contributed by atoms with Crippen molar-refractivity contribution in [2.24, 2.45) is 5.84 Å². The van der Waals surface area contributed by atoms with E-state index in [1.165, 1.54) is 25.7 Å². The van der Waals surface area contributed by atoms with Crippen molar-refractivity contribution in [1.82, 2.24) is 5.43 Å². The molecule has 20 heavy (non-hydrogen) atoms. The van der Waals surface area contributed by atoms with E-state index in [0.29, 0.717) is 6.42 Å². The van der Waals surface area contributed by atoms with Gasteiger partial charge < -0.3 is 0 Å². The number of nitrogens with two attached hydrogens (primary N) is 1. The molecule has 0 spiro atoms. The van der Waals surface area contributed by atoms with Crippen molar-refractivity contribution < 1.29 is 8.78 Å². The van der Waals surface area contributed by atoms with Crippen molar-refractivity contribution in [2.75, 3.05) is 0 Å². The minimum Gasteiger partial charge on any atom is -0.271 e. The highest BCUT2D eigenvalue weighted by Crippen LogP contribution is 2.26. The highest BCUT2D eigenvalue weighted by atomic mass is 35.5. The first-order chi connectivity index (χ1) is 9.60. The Balaban J connectivity index is 2.52. The summed E-state index contributed by atoms with van der Waals surface area (Å²) in [7, 11) is 0. The lowest BCUT2D eigenvalue weighted by Crippen LogP contribution is -2.28. The summed E-state index contributed by atoms with van der Waals surface area (Å²) < 4.78 is 27.2. The molecule has 0 heterocycles. The number of nitrogens with one attached hydrogen (secondary N) is 1. The largest absolute Gasteiger partial charge is 0.271 e. The van der Waals surface area contributed by atoms with E-state index in [4.69, 9.17) is 17.4 Å². The van der Waals surface area contributed by atoms with Crippen LogP contribution in [-0.2, 0) is 0 Å². The van der Waals surface area contributed by atoms with Crippen LogP contribution in [-0.4, -0.2) is 0 Å². The third kappa shape index (κ3) is 5.35. The van der Waals surface area contributed by atoms with Gasteiger partial charge in [0.15, 0.2) is 0 Å². The van der Waals surface area contributed by atoms with Gasteiger partial charge in [-0.15, -0.1) is 0 Å². The van der Waals surface area contributed by atoms with Gasteiger partial charge in [-0.1, -0.05) is 57.0 Å². The number of hydrogen-bond donors (Lipinski definition) is 2. The van der Waals surface area contributed by atoms with E-state index >= 15 is 0 Å². The van der Waals surface area contributed by atoms with Gasteiger partial charge in [0.05, 0.1) is 5.02 Å². The maximum absolute atomic E-state index is 13.8. The molecule has 0 saturated heterocycles. The summed E-state index contributed by atoms with van der Waals surface area (Å²) in [5.41, 5.74) is 2.80. The van der Waals surface area contributed by atoms with Crippen molar-refractivity contribution in [3.63, 3.8) is 0 Å². The molecule has 0 aromatic heterocycles. The molecule has 1 rings (SSSR count). The number of hydrogen-bond acceptors (Lipinski definition) is 2. The Morgan fingerprint density at radius 3 is 2.40 bits per heavy atom. The van der Waals surface area contributed by atoms with Crippen LogP contribution in [0.5, 0.6) is 0 Å². The van der Waals surface area contributed by atoms with E-state index in [2.05, 4.69) is 12.3 Å². The lowest BCUT2D eigenvalue weighted by molar-refractivity contribution is 0.454. The second-order valence-corrected chi connectivity index (χ2v) is 5.47. The second-order valence-electron chi connectivity index (χ2n) is 5.06. The van der Waals surface area contributed by atoms with Crippen molar-refractivity contribution in [1.29, 1.82) is 0 Å². The topological polar surface area (TPSA) is 38.0 Å². The minimum absolute atomic E-state index is 0.207. The smallest absolute Gasteiger partial charge is 0.142 e. The average Bonchev–Trinajstić information content (AvgIpc) is 2.43. The fraction of sp³-hybridized carbons (Fsp3) is 0.600. The predicted octanol–water partition coefficient (Wildman–Crippen LogP) is 4.87. The SMILES string of the molecule is CCCCCCCCC(NN)c1cc(F)c(Cl)cc1F. The molecule has 0 fully saturated rings. The molecule has 5 heteroatoms. The Morgan fingerprint density at radius 1 is 1.10 bits per heavy atom.